The van der Waals surface area contributed by atoms with Gasteiger partial charge >= 0.3 is 0 Å². The average Bonchev–Trinajstić information content (AvgIpc) is 3.10. The SMILES string of the molecule is C[C@@H](C(=O)NCCc1cccs1)N(C)CC(=O)NC1CC1. The van der Waals surface area contributed by atoms with E-state index in [0.717, 1.165) is 19.3 Å². The zero-order valence-electron chi connectivity index (χ0n) is 12.6. The van der Waals surface area contributed by atoms with Crippen molar-refractivity contribution in [3.05, 3.63) is 22.4 Å². The van der Waals surface area contributed by atoms with Crippen molar-refractivity contribution in [2.75, 3.05) is 20.1 Å². The molecule has 0 aliphatic heterocycles. The lowest BCUT2D eigenvalue weighted by atomic mass is 10.2. The van der Waals surface area contributed by atoms with Crippen molar-refractivity contribution in [2.45, 2.75) is 38.3 Å². The first-order valence-electron chi connectivity index (χ1n) is 7.36. The van der Waals surface area contributed by atoms with Gasteiger partial charge in [-0.15, -0.1) is 11.3 Å². The maximum Gasteiger partial charge on any atom is 0.237 e. The summed E-state index contributed by atoms with van der Waals surface area (Å²) in [6.45, 7) is 2.71. The number of rotatable bonds is 8. The van der Waals surface area contributed by atoms with E-state index in [4.69, 9.17) is 0 Å². The lowest BCUT2D eigenvalue weighted by Crippen LogP contribution is -2.47. The van der Waals surface area contributed by atoms with Gasteiger partial charge in [0, 0.05) is 17.5 Å². The third-order valence-corrected chi connectivity index (χ3v) is 4.56. The number of hydrogen-bond acceptors (Lipinski definition) is 4. The van der Waals surface area contributed by atoms with Gasteiger partial charge in [-0.3, -0.25) is 14.5 Å². The highest BCUT2D eigenvalue weighted by atomic mass is 32.1. The molecule has 1 heterocycles. The number of likely N-dealkylation sites (N-methyl/N-ethyl adjacent to an activating group) is 1. The molecule has 0 aromatic carbocycles. The van der Waals surface area contributed by atoms with Crippen molar-refractivity contribution >= 4 is 23.2 Å². The summed E-state index contributed by atoms with van der Waals surface area (Å²) in [4.78, 5) is 26.8. The molecule has 1 atom stereocenters. The minimum absolute atomic E-state index is 0.00163. The number of carbonyl (C=O) groups excluding carboxylic acids is 2. The molecule has 1 aliphatic carbocycles. The number of nitrogens with one attached hydrogen (secondary N) is 2. The Balaban J connectivity index is 1.66. The Bertz CT molecular complexity index is 471. The van der Waals surface area contributed by atoms with Gasteiger partial charge in [-0.05, 0) is 44.7 Å². The molecule has 0 bridgehead atoms. The van der Waals surface area contributed by atoms with Gasteiger partial charge < -0.3 is 10.6 Å². The molecule has 5 nitrogen and oxygen atoms in total. The molecule has 2 N–H and O–H groups in total. The standard InChI is InChI=1S/C15H23N3O2S/c1-11(18(2)10-14(19)17-12-5-6-12)15(20)16-8-7-13-4-3-9-21-13/h3-4,9,11-12H,5-8,10H2,1-2H3,(H,16,20)(H,17,19)/t11-/m0/s1. The van der Waals surface area contributed by atoms with E-state index in [1.165, 1.54) is 4.88 Å². The third kappa shape index (κ3) is 5.47. The van der Waals surface area contributed by atoms with Crippen LogP contribution in [-0.4, -0.2) is 48.9 Å². The molecule has 0 radical (unpaired) electrons. The molecule has 0 saturated heterocycles. The lowest BCUT2D eigenvalue weighted by molar-refractivity contribution is -0.127. The van der Waals surface area contributed by atoms with Crippen LogP contribution in [0.2, 0.25) is 0 Å². The van der Waals surface area contributed by atoms with E-state index in [-0.39, 0.29) is 24.4 Å². The summed E-state index contributed by atoms with van der Waals surface area (Å²) in [6.07, 6.45) is 3.00. The minimum atomic E-state index is -0.307. The molecular weight excluding hydrogens is 286 g/mol. The van der Waals surface area contributed by atoms with E-state index in [0.29, 0.717) is 12.6 Å². The largest absolute Gasteiger partial charge is 0.354 e. The van der Waals surface area contributed by atoms with Crippen molar-refractivity contribution in [1.29, 1.82) is 0 Å². The maximum atomic E-state index is 12.0. The summed E-state index contributed by atoms with van der Waals surface area (Å²) >= 11 is 1.69. The Morgan fingerprint density at radius 2 is 2.24 bits per heavy atom. The summed E-state index contributed by atoms with van der Waals surface area (Å²) in [5, 5.41) is 7.89. The highest BCUT2D eigenvalue weighted by Crippen LogP contribution is 2.18. The van der Waals surface area contributed by atoms with Gasteiger partial charge in [0.05, 0.1) is 12.6 Å². The molecule has 21 heavy (non-hydrogen) atoms. The van der Waals surface area contributed by atoms with Crippen LogP contribution in [0.4, 0.5) is 0 Å². The van der Waals surface area contributed by atoms with Gasteiger partial charge in [0.2, 0.25) is 11.8 Å². The van der Waals surface area contributed by atoms with Crippen LogP contribution in [0.1, 0.15) is 24.6 Å². The van der Waals surface area contributed by atoms with E-state index in [9.17, 15) is 9.59 Å². The fraction of sp³-hybridized carbons (Fsp3) is 0.600. The van der Waals surface area contributed by atoms with Gasteiger partial charge in [0.15, 0.2) is 0 Å². The van der Waals surface area contributed by atoms with Crippen LogP contribution in [0.5, 0.6) is 0 Å². The summed E-state index contributed by atoms with van der Waals surface area (Å²) in [6, 6.07) is 4.13. The normalized spacial score (nSPS) is 15.8. The smallest absolute Gasteiger partial charge is 0.237 e. The Labute approximate surface area is 129 Å². The highest BCUT2D eigenvalue weighted by molar-refractivity contribution is 7.09. The number of hydrogen-bond donors (Lipinski definition) is 2. The second-order valence-electron chi connectivity index (χ2n) is 5.55. The molecule has 0 unspecified atom stereocenters. The van der Waals surface area contributed by atoms with Gasteiger partial charge in [-0.25, -0.2) is 0 Å². The predicted molar refractivity (Wildman–Crippen MR) is 84.3 cm³/mol. The monoisotopic (exact) mass is 309 g/mol. The van der Waals surface area contributed by atoms with Crippen molar-refractivity contribution in [1.82, 2.24) is 15.5 Å². The van der Waals surface area contributed by atoms with Crippen LogP contribution in [0, 0.1) is 0 Å². The summed E-state index contributed by atoms with van der Waals surface area (Å²) in [5.41, 5.74) is 0. The molecule has 0 spiro atoms. The quantitative estimate of drug-likeness (QED) is 0.753. The topological polar surface area (TPSA) is 61.4 Å². The number of amides is 2. The van der Waals surface area contributed by atoms with Crippen LogP contribution in [0.3, 0.4) is 0 Å². The minimum Gasteiger partial charge on any atom is -0.354 e. The number of carbonyl (C=O) groups is 2. The predicted octanol–water partition coefficient (Wildman–Crippen LogP) is 1.01. The lowest BCUT2D eigenvalue weighted by Gasteiger charge is -2.23. The van der Waals surface area contributed by atoms with Gasteiger partial charge in [-0.1, -0.05) is 6.07 Å². The van der Waals surface area contributed by atoms with Gasteiger partial charge in [-0.2, -0.15) is 0 Å². The summed E-state index contributed by atoms with van der Waals surface area (Å²) in [7, 11) is 1.80. The second kappa shape index (κ2) is 7.56. The van der Waals surface area contributed by atoms with Crippen molar-refractivity contribution in [3.63, 3.8) is 0 Å². The molecule has 116 valence electrons. The molecule has 1 fully saturated rings. The Kier molecular flexibility index (Phi) is 5.76. The average molecular weight is 309 g/mol. The van der Waals surface area contributed by atoms with Crippen LogP contribution >= 0.6 is 11.3 Å². The van der Waals surface area contributed by atoms with E-state index >= 15 is 0 Å². The van der Waals surface area contributed by atoms with Gasteiger partial charge in [0.25, 0.3) is 0 Å². The van der Waals surface area contributed by atoms with Crippen LogP contribution < -0.4 is 10.6 Å². The molecule has 1 aromatic heterocycles. The Morgan fingerprint density at radius 3 is 2.86 bits per heavy atom. The van der Waals surface area contributed by atoms with Crippen molar-refractivity contribution in [3.8, 4) is 0 Å². The van der Waals surface area contributed by atoms with Crippen molar-refractivity contribution in [2.24, 2.45) is 0 Å². The second-order valence-corrected chi connectivity index (χ2v) is 6.59. The summed E-state index contributed by atoms with van der Waals surface area (Å²) in [5.74, 6) is -0.0356. The van der Waals surface area contributed by atoms with E-state index in [1.807, 2.05) is 18.4 Å². The van der Waals surface area contributed by atoms with E-state index in [1.54, 1.807) is 23.3 Å². The Hall–Kier alpha value is -1.40. The van der Waals surface area contributed by atoms with Crippen LogP contribution in [0.15, 0.2) is 17.5 Å². The molecule has 1 aromatic rings. The Morgan fingerprint density at radius 1 is 1.48 bits per heavy atom. The summed E-state index contributed by atoms with van der Waals surface area (Å²) < 4.78 is 0. The molecule has 2 rings (SSSR count). The van der Waals surface area contributed by atoms with E-state index < -0.39 is 0 Å². The zero-order chi connectivity index (χ0) is 15.2. The number of nitrogens with zero attached hydrogens (tertiary/aromatic N) is 1. The molecule has 1 saturated carbocycles. The van der Waals surface area contributed by atoms with Crippen LogP contribution in [-0.2, 0) is 16.0 Å². The number of thiophene rings is 1. The fourth-order valence-corrected chi connectivity index (χ4v) is 2.69. The first-order chi connectivity index (χ1) is 10.1. The molecular formula is C15H23N3O2S. The maximum absolute atomic E-state index is 12.0. The first-order valence-corrected chi connectivity index (χ1v) is 8.24. The first kappa shape index (κ1) is 16.0. The van der Waals surface area contributed by atoms with Gasteiger partial charge in [0.1, 0.15) is 0 Å². The molecule has 2 amide bonds. The zero-order valence-corrected chi connectivity index (χ0v) is 13.4. The third-order valence-electron chi connectivity index (χ3n) is 3.63. The highest BCUT2D eigenvalue weighted by Gasteiger charge is 2.25. The fourth-order valence-electron chi connectivity index (χ4n) is 1.98. The molecule has 6 heteroatoms. The van der Waals surface area contributed by atoms with Crippen LogP contribution in [0.25, 0.3) is 0 Å². The van der Waals surface area contributed by atoms with Crippen molar-refractivity contribution < 1.29 is 9.59 Å². The molecule has 1 aliphatic rings. The van der Waals surface area contributed by atoms with E-state index in [2.05, 4.69) is 16.7 Å².